The Morgan fingerprint density at radius 1 is 1.21 bits per heavy atom. The Labute approximate surface area is 94.4 Å². The highest BCUT2D eigenvalue weighted by atomic mass is 79.9. The Kier molecular flexibility index (Phi) is 4.82. The zero-order chi connectivity index (χ0) is 10.6. The van der Waals surface area contributed by atoms with Crippen LogP contribution in [0, 0.1) is 0 Å². The average Bonchev–Trinajstić information content (AvgIpc) is 2.19. The summed E-state index contributed by atoms with van der Waals surface area (Å²) in [6.07, 6.45) is 1.13. The van der Waals surface area contributed by atoms with E-state index in [1.54, 1.807) is 4.31 Å². The summed E-state index contributed by atoms with van der Waals surface area (Å²) in [6.45, 7) is 6.20. The molecule has 1 rings (SSSR count). The van der Waals surface area contributed by atoms with Crippen LogP contribution < -0.4 is 0 Å². The van der Waals surface area contributed by atoms with Crippen molar-refractivity contribution >= 4 is 26.0 Å². The molecule has 0 saturated carbocycles. The van der Waals surface area contributed by atoms with E-state index in [1.807, 2.05) is 0 Å². The summed E-state index contributed by atoms with van der Waals surface area (Å²) in [5.41, 5.74) is 0. The van der Waals surface area contributed by atoms with Crippen molar-refractivity contribution in [2.24, 2.45) is 0 Å². The van der Waals surface area contributed by atoms with E-state index in [0.717, 1.165) is 26.1 Å². The van der Waals surface area contributed by atoms with E-state index in [4.69, 9.17) is 0 Å². The normalized spacial score (nSPS) is 21.3. The number of sulfonamides is 1. The molecule has 0 aromatic heterocycles. The smallest absolute Gasteiger partial charge is 0.224 e. The maximum atomic E-state index is 11.5. The van der Waals surface area contributed by atoms with Gasteiger partial charge in [-0.2, -0.15) is 4.31 Å². The number of alkyl halides is 1. The molecule has 1 saturated heterocycles. The van der Waals surface area contributed by atoms with Gasteiger partial charge in [0.2, 0.25) is 10.0 Å². The van der Waals surface area contributed by atoms with Crippen LogP contribution in [0.25, 0.3) is 0 Å². The second-order valence-corrected chi connectivity index (χ2v) is 6.73. The van der Waals surface area contributed by atoms with Crippen molar-refractivity contribution in [3.8, 4) is 0 Å². The summed E-state index contributed by atoms with van der Waals surface area (Å²) in [5.74, 6) is 0. The molecule has 0 unspecified atom stereocenters. The van der Waals surface area contributed by atoms with Crippen LogP contribution in [0.5, 0.6) is 0 Å². The fraction of sp³-hybridized carbons (Fsp3) is 1.00. The van der Waals surface area contributed by atoms with Crippen LogP contribution in [0.15, 0.2) is 0 Å². The van der Waals surface area contributed by atoms with Crippen molar-refractivity contribution in [3.05, 3.63) is 0 Å². The highest BCUT2D eigenvalue weighted by molar-refractivity contribution is 9.10. The number of rotatable bonds is 4. The van der Waals surface area contributed by atoms with Crippen LogP contribution in [0.1, 0.15) is 13.3 Å². The summed E-state index contributed by atoms with van der Waals surface area (Å²) in [6, 6.07) is 0. The van der Waals surface area contributed by atoms with Gasteiger partial charge >= 0.3 is 0 Å². The monoisotopic (exact) mass is 284 g/mol. The van der Waals surface area contributed by atoms with Gasteiger partial charge in [0.25, 0.3) is 0 Å². The van der Waals surface area contributed by atoms with Crippen molar-refractivity contribution in [1.82, 2.24) is 9.21 Å². The first kappa shape index (κ1) is 12.4. The summed E-state index contributed by atoms with van der Waals surface area (Å²) in [5, 5.41) is 0. The number of hydrogen-bond acceptors (Lipinski definition) is 3. The number of piperazine rings is 1. The van der Waals surface area contributed by atoms with Crippen molar-refractivity contribution in [1.29, 1.82) is 0 Å². The van der Waals surface area contributed by atoms with E-state index in [1.165, 1.54) is 0 Å². The lowest BCUT2D eigenvalue weighted by Gasteiger charge is -2.33. The van der Waals surface area contributed by atoms with E-state index < -0.39 is 10.0 Å². The Morgan fingerprint density at radius 2 is 1.79 bits per heavy atom. The first-order chi connectivity index (χ1) is 6.60. The molecular formula is C8H17BrN2O2S. The Hall–Kier alpha value is 0.350. The van der Waals surface area contributed by atoms with Crippen molar-refractivity contribution in [2.45, 2.75) is 13.3 Å². The van der Waals surface area contributed by atoms with E-state index in [-0.39, 0.29) is 4.66 Å². The number of nitrogens with zero attached hydrogens (tertiary/aromatic N) is 2. The Bertz CT molecular complexity index is 261. The van der Waals surface area contributed by atoms with Crippen molar-refractivity contribution < 1.29 is 8.42 Å². The maximum Gasteiger partial charge on any atom is 0.224 e. The molecule has 4 nitrogen and oxygen atoms in total. The van der Waals surface area contributed by atoms with Gasteiger partial charge in [0.05, 0.1) is 0 Å². The average molecular weight is 285 g/mol. The summed E-state index contributed by atoms with van der Waals surface area (Å²) < 4.78 is 24.6. The lowest BCUT2D eigenvalue weighted by atomic mass is 10.3. The van der Waals surface area contributed by atoms with Gasteiger partial charge in [-0.15, -0.1) is 0 Å². The van der Waals surface area contributed by atoms with Gasteiger partial charge in [-0.05, 0) is 13.0 Å². The second-order valence-electron chi connectivity index (χ2n) is 3.46. The molecule has 84 valence electrons. The Morgan fingerprint density at radius 3 is 2.21 bits per heavy atom. The van der Waals surface area contributed by atoms with Gasteiger partial charge in [0.15, 0.2) is 0 Å². The summed E-state index contributed by atoms with van der Waals surface area (Å²) >= 11 is 3.01. The van der Waals surface area contributed by atoms with Crippen molar-refractivity contribution in [2.75, 3.05) is 37.4 Å². The molecule has 1 fully saturated rings. The quantitative estimate of drug-likeness (QED) is 0.714. The molecule has 0 amide bonds. The number of hydrogen-bond donors (Lipinski definition) is 0. The molecule has 1 aliphatic heterocycles. The first-order valence-corrected chi connectivity index (χ1v) is 7.59. The minimum absolute atomic E-state index is 0.0355. The van der Waals surface area contributed by atoms with Crippen LogP contribution in [-0.2, 0) is 10.0 Å². The molecule has 0 bridgehead atoms. The molecule has 0 aliphatic carbocycles. The maximum absolute atomic E-state index is 11.5. The molecule has 0 atom stereocenters. The van der Waals surface area contributed by atoms with E-state index >= 15 is 0 Å². The predicted molar refractivity (Wildman–Crippen MR) is 61.0 cm³/mol. The third-order valence-corrected chi connectivity index (χ3v) is 5.57. The zero-order valence-corrected chi connectivity index (χ0v) is 10.8. The molecule has 0 aromatic carbocycles. The van der Waals surface area contributed by atoms with Gasteiger partial charge < -0.3 is 4.90 Å². The molecule has 0 aromatic rings. The summed E-state index contributed by atoms with van der Waals surface area (Å²) in [7, 11) is -3.04. The SMILES string of the molecule is CCCN1CCN(S(=O)(=O)CBr)CC1. The lowest BCUT2D eigenvalue weighted by molar-refractivity contribution is 0.189. The minimum atomic E-state index is -3.04. The topological polar surface area (TPSA) is 40.6 Å². The highest BCUT2D eigenvalue weighted by Crippen LogP contribution is 2.09. The van der Waals surface area contributed by atoms with E-state index in [9.17, 15) is 8.42 Å². The molecule has 0 spiro atoms. The minimum Gasteiger partial charge on any atom is -0.301 e. The molecule has 0 radical (unpaired) electrons. The molecule has 6 heteroatoms. The van der Waals surface area contributed by atoms with Crippen LogP contribution in [0.2, 0.25) is 0 Å². The predicted octanol–water partition coefficient (Wildman–Crippen LogP) is 0.696. The van der Waals surface area contributed by atoms with Crippen LogP contribution in [-0.4, -0.2) is 55.0 Å². The van der Waals surface area contributed by atoms with Crippen LogP contribution >= 0.6 is 15.9 Å². The van der Waals surface area contributed by atoms with E-state index in [0.29, 0.717) is 13.1 Å². The third-order valence-electron chi connectivity index (χ3n) is 2.40. The van der Waals surface area contributed by atoms with E-state index in [2.05, 4.69) is 27.8 Å². The summed E-state index contributed by atoms with van der Waals surface area (Å²) in [4.78, 5) is 2.31. The second kappa shape index (κ2) is 5.44. The zero-order valence-electron chi connectivity index (χ0n) is 8.45. The molecule has 1 heterocycles. The highest BCUT2D eigenvalue weighted by Gasteiger charge is 2.25. The van der Waals surface area contributed by atoms with Gasteiger partial charge in [0.1, 0.15) is 4.66 Å². The van der Waals surface area contributed by atoms with Gasteiger partial charge in [-0.25, -0.2) is 8.42 Å². The molecular weight excluding hydrogens is 268 g/mol. The third kappa shape index (κ3) is 3.18. The molecule has 0 N–H and O–H groups in total. The fourth-order valence-corrected chi connectivity index (χ4v) is 3.34. The standard InChI is InChI=1S/C8H17BrN2O2S/c1-2-3-10-4-6-11(7-5-10)14(12,13)8-9/h2-8H2,1H3. The Balaban J connectivity index is 2.43. The van der Waals surface area contributed by atoms with Gasteiger partial charge in [-0.1, -0.05) is 22.9 Å². The lowest BCUT2D eigenvalue weighted by Crippen LogP contribution is -2.48. The van der Waals surface area contributed by atoms with Gasteiger partial charge in [-0.3, -0.25) is 0 Å². The number of halogens is 1. The first-order valence-electron chi connectivity index (χ1n) is 4.86. The van der Waals surface area contributed by atoms with Crippen LogP contribution in [0.3, 0.4) is 0 Å². The van der Waals surface area contributed by atoms with Gasteiger partial charge in [0, 0.05) is 26.2 Å². The largest absolute Gasteiger partial charge is 0.301 e. The molecule has 14 heavy (non-hydrogen) atoms. The van der Waals surface area contributed by atoms with Crippen molar-refractivity contribution in [3.63, 3.8) is 0 Å². The van der Waals surface area contributed by atoms with Crippen LogP contribution in [0.4, 0.5) is 0 Å². The molecule has 1 aliphatic rings. The fourth-order valence-electron chi connectivity index (χ4n) is 1.62.